The van der Waals surface area contributed by atoms with Crippen LogP contribution in [0.4, 0.5) is 16.2 Å². The fourth-order valence-corrected chi connectivity index (χ4v) is 3.08. The molecule has 3 N–H and O–H groups in total. The lowest BCUT2D eigenvalue weighted by molar-refractivity contribution is 0.0696. The van der Waals surface area contributed by atoms with Crippen LogP contribution in [0.2, 0.25) is 0 Å². The van der Waals surface area contributed by atoms with Crippen molar-refractivity contribution >= 4 is 29.3 Å². The molecule has 0 radical (unpaired) electrons. The number of nitrogens with zero attached hydrogens (tertiary/aromatic N) is 1. The Morgan fingerprint density at radius 3 is 1.75 bits per heavy atom. The van der Waals surface area contributed by atoms with Crippen molar-refractivity contribution in [2.45, 2.75) is 25.7 Å². The number of hydrogen-bond donors (Lipinski definition) is 3. The molecule has 7 nitrogen and oxygen atoms in total. The first-order chi connectivity index (χ1) is 13.5. The second-order valence-electron chi connectivity index (χ2n) is 6.75. The highest BCUT2D eigenvalue weighted by molar-refractivity contribution is 6.05. The Bertz CT molecular complexity index is 839. The summed E-state index contributed by atoms with van der Waals surface area (Å²) in [5, 5.41) is 14.5. The molecule has 28 heavy (non-hydrogen) atoms. The zero-order chi connectivity index (χ0) is 19.9. The minimum Gasteiger partial charge on any atom is -0.478 e. The van der Waals surface area contributed by atoms with Gasteiger partial charge in [-0.2, -0.15) is 0 Å². The van der Waals surface area contributed by atoms with Gasteiger partial charge in [0.25, 0.3) is 5.91 Å². The van der Waals surface area contributed by atoms with Crippen molar-refractivity contribution in [1.29, 1.82) is 0 Å². The first-order valence-corrected chi connectivity index (χ1v) is 9.33. The van der Waals surface area contributed by atoms with Crippen LogP contribution in [0.25, 0.3) is 0 Å². The summed E-state index contributed by atoms with van der Waals surface area (Å²) in [5.74, 6) is -1.37. The van der Waals surface area contributed by atoms with Gasteiger partial charge in [0.15, 0.2) is 0 Å². The van der Waals surface area contributed by atoms with Gasteiger partial charge >= 0.3 is 12.0 Å². The van der Waals surface area contributed by atoms with Gasteiger partial charge in [0, 0.05) is 30.0 Å². The number of anilines is 2. The van der Waals surface area contributed by atoms with Crippen molar-refractivity contribution in [1.82, 2.24) is 4.90 Å². The number of nitrogens with one attached hydrogen (secondary N) is 2. The molecule has 0 aliphatic carbocycles. The van der Waals surface area contributed by atoms with Crippen molar-refractivity contribution in [3.8, 4) is 0 Å². The van der Waals surface area contributed by atoms with Gasteiger partial charge in [-0.25, -0.2) is 9.59 Å². The third-order valence-corrected chi connectivity index (χ3v) is 4.68. The maximum atomic E-state index is 12.3. The van der Waals surface area contributed by atoms with Crippen LogP contribution in [0.3, 0.4) is 0 Å². The summed E-state index contributed by atoms with van der Waals surface area (Å²) < 4.78 is 0. The molecular formula is C21H23N3O4. The molecule has 1 fully saturated rings. The Morgan fingerprint density at radius 1 is 0.714 bits per heavy atom. The van der Waals surface area contributed by atoms with Crippen LogP contribution in [-0.2, 0) is 0 Å². The highest BCUT2D eigenvalue weighted by atomic mass is 16.4. The van der Waals surface area contributed by atoms with Gasteiger partial charge in [0.2, 0.25) is 0 Å². The van der Waals surface area contributed by atoms with Gasteiger partial charge in [-0.1, -0.05) is 12.8 Å². The summed E-state index contributed by atoms with van der Waals surface area (Å²) in [6.07, 6.45) is 4.39. The van der Waals surface area contributed by atoms with Crippen LogP contribution in [0, 0.1) is 0 Å². The van der Waals surface area contributed by atoms with E-state index in [0.717, 1.165) is 38.8 Å². The molecule has 2 aromatic carbocycles. The fraction of sp³-hybridized carbons (Fsp3) is 0.286. The molecule has 3 amide bonds. The zero-order valence-corrected chi connectivity index (χ0v) is 15.5. The maximum Gasteiger partial charge on any atom is 0.335 e. The van der Waals surface area contributed by atoms with E-state index in [1.807, 2.05) is 4.90 Å². The van der Waals surface area contributed by atoms with Crippen molar-refractivity contribution in [2.24, 2.45) is 0 Å². The first-order valence-electron chi connectivity index (χ1n) is 9.33. The third kappa shape index (κ3) is 5.09. The van der Waals surface area contributed by atoms with Crippen LogP contribution < -0.4 is 10.6 Å². The van der Waals surface area contributed by atoms with Gasteiger partial charge in [-0.3, -0.25) is 4.79 Å². The molecule has 0 unspecified atom stereocenters. The number of hydrogen-bond acceptors (Lipinski definition) is 3. The number of urea groups is 1. The SMILES string of the molecule is O=C(O)c1ccc(C(=O)Nc2ccc(NC(=O)N3CCCCCC3)cc2)cc1. The quantitative estimate of drug-likeness (QED) is 0.744. The summed E-state index contributed by atoms with van der Waals surface area (Å²) in [6, 6.07) is 12.5. The van der Waals surface area contributed by atoms with E-state index in [1.165, 1.54) is 24.3 Å². The van der Waals surface area contributed by atoms with E-state index in [1.54, 1.807) is 24.3 Å². The van der Waals surface area contributed by atoms with E-state index in [4.69, 9.17) is 5.11 Å². The molecule has 1 saturated heterocycles. The number of aromatic carboxylic acids is 1. The summed E-state index contributed by atoms with van der Waals surface area (Å²) in [6.45, 7) is 1.56. The number of carboxylic acids is 1. The molecule has 7 heteroatoms. The van der Waals surface area contributed by atoms with Crippen molar-refractivity contribution in [3.63, 3.8) is 0 Å². The number of carbonyl (C=O) groups excluding carboxylic acids is 2. The number of carboxylic acid groups (broad SMARTS) is 1. The van der Waals surface area contributed by atoms with Crippen molar-refractivity contribution in [3.05, 3.63) is 59.7 Å². The molecule has 3 rings (SSSR count). The Kier molecular flexibility index (Phi) is 6.26. The van der Waals surface area contributed by atoms with Crippen molar-refractivity contribution in [2.75, 3.05) is 23.7 Å². The number of likely N-dealkylation sites (tertiary alicyclic amines) is 1. The Hall–Kier alpha value is -3.35. The summed E-state index contributed by atoms with van der Waals surface area (Å²) in [4.78, 5) is 37.3. The topological polar surface area (TPSA) is 98.7 Å². The molecule has 1 aliphatic heterocycles. The van der Waals surface area contributed by atoms with E-state index in [-0.39, 0.29) is 17.5 Å². The van der Waals surface area contributed by atoms with E-state index in [9.17, 15) is 14.4 Å². The van der Waals surface area contributed by atoms with E-state index >= 15 is 0 Å². The number of benzene rings is 2. The molecule has 1 heterocycles. The van der Waals surface area contributed by atoms with Crippen LogP contribution in [0.1, 0.15) is 46.4 Å². The molecule has 0 bridgehead atoms. The average Bonchev–Trinajstić information content (AvgIpc) is 2.99. The number of amides is 3. The van der Waals surface area contributed by atoms with Crippen LogP contribution in [0.5, 0.6) is 0 Å². The molecule has 146 valence electrons. The lowest BCUT2D eigenvalue weighted by atomic mass is 10.1. The van der Waals surface area contributed by atoms with Gasteiger partial charge in [0.05, 0.1) is 5.56 Å². The number of carbonyl (C=O) groups is 3. The second kappa shape index (κ2) is 9.03. The second-order valence-corrected chi connectivity index (χ2v) is 6.75. The largest absolute Gasteiger partial charge is 0.478 e. The lowest BCUT2D eigenvalue weighted by Gasteiger charge is -2.20. The molecular weight excluding hydrogens is 358 g/mol. The normalized spacial score (nSPS) is 14.1. The highest BCUT2D eigenvalue weighted by Crippen LogP contribution is 2.17. The standard InChI is InChI=1S/C21H23N3O4/c25-19(15-5-7-16(8-6-15)20(26)27)22-17-9-11-18(12-10-17)23-21(28)24-13-3-1-2-4-14-24/h5-12H,1-4,13-14H2,(H,22,25)(H,23,28)(H,26,27). The summed E-state index contributed by atoms with van der Waals surface area (Å²) in [5.41, 5.74) is 1.74. The smallest absolute Gasteiger partial charge is 0.335 e. The Morgan fingerprint density at radius 2 is 1.21 bits per heavy atom. The highest BCUT2D eigenvalue weighted by Gasteiger charge is 2.15. The molecule has 0 aromatic heterocycles. The van der Waals surface area contributed by atoms with Crippen LogP contribution >= 0.6 is 0 Å². The Balaban J connectivity index is 1.57. The molecule has 0 atom stereocenters. The van der Waals surface area contributed by atoms with E-state index in [0.29, 0.717) is 16.9 Å². The van der Waals surface area contributed by atoms with Gasteiger partial charge in [-0.15, -0.1) is 0 Å². The minimum absolute atomic E-state index is 0.0998. The van der Waals surface area contributed by atoms with Crippen LogP contribution in [-0.4, -0.2) is 41.0 Å². The monoisotopic (exact) mass is 381 g/mol. The molecule has 2 aromatic rings. The predicted octanol–water partition coefficient (Wildman–Crippen LogP) is 4.05. The van der Waals surface area contributed by atoms with E-state index < -0.39 is 5.97 Å². The zero-order valence-electron chi connectivity index (χ0n) is 15.5. The first kappa shape index (κ1) is 19.4. The summed E-state index contributed by atoms with van der Waals surface area (Å²) in [7, 11) is 0. The summed E-state index contributed by atoms with van der Waals surface area (Å²) >= 11 is 0. The van der Waals surface area contributed by atoms with Gasteiger partial charge in [0.1, 0.15) is 0 Å². The lowest BCUT2D eigenvalue weighted by Crippen LogP contribution is -2.35. The molecule has 0 spiro atoms. The number of rotatable bonds is 4. The minimum atomic E-state index is -1.04. The Labute approximate surface area is 163 Å². The van der Waals surface area contributed by atoms with Crippen molar-refractivity contribution < 1.29 is 19.5 Å². The average molecular weight is 381 g/mol. The third-order valence-electron chi connectivity index (χ3n) is 4.68. The van der Waals surface area contributed by atoms with Crippen LogP contribution in [0.15, 0.2) is 48.5 Å². The maximum absolute atomic E-state index is 12.3. The van der Waals surface area contributed by atoms with Gasteiger partial charge < -0.3 is 20.6 Å². The van der Waals surface area contributed by atoms with E-state index in [2.05, 4.69) is 10.6 Å². The predicted molar refractivity (Wildman–Crippen MR) is 107 cm³/mol. The fourth-order valence-electron chi connectivity index (χ4n) is 3.08. The van der Waals surface area contributed by atoms with Gasteiger partial charge in [-0.05, 0) is 61.4 Å². The molecule has 1 aliphatic rings. The molecule has 0 saturated carbocycles.